The van der Waals surface area contributed by atoms with Gasteiger partial charge in [-0.05, 0) is 20.8 Å². The van der Waals surface area contributed by atoms with Gasteiger partial charge in [0.2, 0.25) is 0 Å². The summed E-state index contributed by atoms with van der Waals surface area (Å²) in [5, 5.41) is 8.42. The van der Waals surface area contributed by atoms with Crippen LogP contribution in [0.2, 0.25) is 0 Å². The summed E-state index contributed by atoms with van der Waals surface area (Å²) >= 11 is 0. The van der Waals surface area contributed by atoms with Crippen LogP contribution in [-0.4, -0.2) is 50.2 Å². The van der Waals surface area contributed by atoms with Crippen LogP contribution >= 0.6 is 0 Å². The number of nitrogens with zero attached hydrogens (tertiary/aromatic N) is 5. The molecule has 3 rings (SSSR count). The van der Waals surface area contributed by atoms with Gasteiger partial charge < -0.3 is 14.0 Å². The Morgan fingerprint density at radius 2 is 2.08 bits per heavy atom. The Balaban J connectivity index is 1.80. The number of carbonyl (C=O) groups excluding carboxylic acids is 1. The fraction of sp³-hybridized carbons (Fsp3) is 0.625. The van der Waals surface area contributed by atoms with E-state index in [4.69, 9.17) is 14.0 Å². The van der Waals surface area contributed by atoms with Crippen LogP contribution in [0.4, 0.5) is 4.79 Å². The average molecular weight is 349 g/mol. The van der Waals surface area contributed by atoms with Crippen molar-refractivity contribution in [2.75, 3.05) is 13.7 Å². The summed E-state index contributed by atoms with van der Waals surface area (Å²) in [7, 11) is 3.46. The maximum Gasteiger partial charge on any atom is 0.410 e. The van der Waals surface area contributed by atoms with Gasteiger partial charge in [0.15, 0.2) is 11.5 Å². The van der Waals surface area contributed by atoms with Gasteiger partial charge in [-0.3, -0.25) is 9.58 Å². The fourth-order valence-electron chi connectivity index (χ4n) is 2.67. The lowest BCUT2D eigenvalue weighted by molar-refractivity contribution is 0.0238. The summed E-state index contributed by atoms with van der Waals surface area (Å²) in [5.41, 5.74) is 1.93. The first-order chi connectivity index (χ1) is 11.8. The number of aryl methyl sites for hydroxylation is 1. The molecule has 9 nitrogen and oxygen atoms in total. The minimum atomic E-state index is -0.532. The third-order valence-corrected chi connectivity index (χ3v) is 3.82. The maximum absolute atomic E-state index is 12.3. The van der Waals surface area contributed by atoms with Crippen molar-refractivity contribution in [2.24, 2.45) is 7.05 Å². The van der Waals surface area contributed by atoms with Crippen molar-refractivity contribution in [3.63, 3.8) is 0 Å². The van der Waals surface area contributed by atoms with Crippen molar-refractivity contribution >= 4 is 6.09 Å². The minimum Gasteiger partial charge on any atom is -0.444 e. The second-order valence-corrected chi connectivity index (χ2v) is 6.99. The van der Waals surface area contributed by atoms with Gasteiger partial charge in [0.25, 0.3) is 5.89 Å². The molecule has 0 aliphatic carbocycles. The Hall–Kier alpha value is -2.42. The van der Waals surface area contributed by atoms with Gasteiger partial charge in [-0.25, -0.2) is 4.79 Å². The molecule has 1 aliphatic heterocycles. The number of ether oxygens (including phenoxy) is 2. The van der Waals surface area contributed by atoms with E-state index in [-0.39, 0.29) is 6.09 Å². The molecule has 9 heteroatoms. The number of fused-ring (bicyclic) bond motifs is 1. The molecule has 0 saturated heterocycles. The molecule has 0 aromatic carbocycles. The number of hydrogen-bond acceptors (Lipinski definition) is 7. The number of rotatable bonds is 4. The molecule has 136 valence electrons. The summed E-state index contributed by atoms with van der Waals surface area (Å²) in [4.78, 5) is 18.3. The lowest BCUT2D eigenvalue weighted by Gasteiger charge is -2.24. The van der Waals surface area contributed by atoms with Crippen molar-refractivity contribution in [3.05, 3.63) is 17.1 Å². The van der Waals surface area contributed by atoms with E-state index in [9.17, 15) is 4.79 Å². The van der Waals surface area contributed by atoms with E-state index in [0.717, 1.165) is 11.3 Å². The van der Waals surface area contributed by atoms with Gasteiger partial charge in [-0.2, -0.15) is 10.1 Å². The van der Waals surface area contributed by atoms with E-state index in [1.54, 1.807) is 16.7 Å². The van der Waals surface area contributed by atoms with E-state index in [0.29, 0.717) is 43.5 Å². The quantitative estimate of drug-likeness (QED) is 0.832. The molecular weight excluding hydrogens is 326 g/mol. The SMILES string of the molecule is COCCc1noc(-c2nn(C)c3c2CN(C(=O)OC(C)(C)C)C3)n1. The molecule has 0 spiro atoms. The second-order valence-electron chi connectivity index (χ2n) is 6.99. The molecule has 1 amide bonds. The Morgan fingerprint density at radius 1 is 1.32 bits per heavy atom. The molecule has 0 N–H and O–H groups in total. The summed E-state index contributed by atoms with van der Waals surface area (Å²) in [5.74, 6) is 0.923. The van der Waals surface area contributed by atoms with Crippen molar-refractivity contribution in [1.82, 2.24) is 24.8 Å². The average Bonchev–Trinajstić information content (AvgIpc) is 3.20. The van der Waals surface area contributed by atoms with Gasteiger partial charge in [-0.15, -0.1) is 0 Å². The number of amides is 1. The molecule has 25 heavy (non-hydrogen) atoms. The van der Waals surface area contributed by atoms with Gasteiger partial charge in [0.1, 0.15) is 5.60 Å². The minimum absolute atomic E-state index is 0.346. The highest BCUT2D eigenvalue weighted by Crippen LogP contribution is 2.32. The van der Waals surface area contributed by atoms with Crippen LogP contribution in [0.1, 0.15) is 37.9 Å². The second kappa shape index (κ2) is 6.47. The first kappa shape index (κ1) is 17.4. The van der Waals surface area contributed by atoms with Crippen LogP contribution in [0.5, 0.6) is 0 Å². The van der Waals surface area contributed by atoms with E-state index in [1.165, 1.54) is 0 Å². The summed E-state index contributed by atoms with van der Waals surface area (Å²) in [6, 6.07) is 0. The normalized spacial score (nSPS) is 14.0. The van der Waals surface area contributed by atoms with Gasteiger partial charge in [-0.1, -0.05) is 5.16 Å². The molecule has 1 aliphatic rings. The molecule has 0 unspecified atom stereocenters. The van der Waals surface area contributed by atoms with Crippen molar-refractivity contribution in [1.29, 1.82) is 0 Å². The molecule has 0 fully saturated rings. The Labute approximate surface area is 145 Å². The highest BCUT2D eigenvalue weighted by molar-refractivity contribution is 5.70. The van der Waals surface area contributed by atoms with E-state index < -0.39 is 5.60 Å². The standard InChI is InChI=1S/C16H23N5O4/c1-16(2,3)24-15(22)21-8-10-11(9-21)20(4)18-13(10)14-17-12(19-25-14)6-7-23-5/h6-9H2,1-5H3. The predicted octanol–water partition coefficient (Wildman–Crippen LogP) is 1.91. The number of hydrogen-bond donors (Lipinski definition) is 0. The van der Waals surface area contributed by atoms with Crippen molar-refractivity contribution in [2.45, 2.75) is 45.9 Å². The molecular formula is C16H23N5O4. The molecule has 2 aromatic heterocycles. The zero-order valence-electron chi connectivity index (χ0n) is 15.2. The topological polar surface area (TPSA) is 95.5 Å². The molecule has 0 radical (unpaired) electrons. The summed E-state index contributed by atoms with van der Waals surface area (Å²) in [6.07, 6.45) is 0.222. The van der Waals surface area contributed by atoms with Crippen molar-refractivity contribution in [3.8, 4) is 11.6 Å². The molecule has 2 aromatic rings. The monoisotopic (exact) mass is 349 g/mol. The first-order valence-electron chi connectivity index (χ1n) is 8.13. The smallest absolute Gasteiger partial charge is 0.410 e. The number of carbonyl (C=O) groups is 1. The van der Waals surface area contributed by atoms with Gasteiger partial charge >= 0.3 is 6.09 Å². The van der Waals surface area contributed by atoms with Gasteiger partial charge in [0.05, 0.1) is 25.4 Å². The Bertz CT molecular complexity index is 774. The van der Waals surface area contributed by atoms with E-state index in [1.807, 2.05) is 27.8 Å². The third kappa shape index (κ3) is 3.65. The molecule has 0 saturated carbocycles. The van der Waals surface area contributed by atoms with E-state index >= 15 is 0 Å². The van der Waals surface area contributed by atoms with Crippen molar-refractivity contribution < 1.29 is 18.8 Å². The highest BCUT2D eigenvalue weighted by Gasteiger charge is 2.34. The van der Waals surface area contributed by atoms with Crippen LogP contribution in [-0.2, 0) is 36.0 Å². The summed E-state index contributed by atoms with van der Waals surface area (Å²) < 4.78 is 17.5. The zero-order chi connectivity index (χ0) is 18.2. The molecule has 3 heterocycles. The maximum atomic E-state index is 12.3. The number of aromatic nitrogens is 4. The predicted molar refractivity (Wildman–Crippen MR) is 87.6 cm³/mol. The lowest BCUT2D eigenvalue weighted by atomic mass is 10.2. The summed E-state index contributed by atoms with van der Waals surface area (Å²) in [6.45, 7) is 6.91. The Morgan fingerprint density at radius 3 is 2.76 bits per heavy atom. The number of methoxy groups -OCH3 is 1. The largest absolute Gasteiger partial charge is 0.444 e. The van der Waals surface area contributed by atoms with Crippen LogP contribution in [0.15, 0.2) is 4.52 Å². The third-order valence-electron chi connectivity index (χ3n) is 3.82. The van der Waals surface area contributed by atoms with Crippen LogP contribution in [0.3, 0.4) is 0 Å². The zero-order valence-corrected chi connectivity index (χ0v) is 15.2. The van der Waals surface area contributed by atoms with Crippen LogP contribution in [0.25, 0.3) is 11.6 Å². The first-order valence-corrected chi connectivity index (χ1v) is 8.13. The van der Waals surface area contributed by atoms with Crippen LogP contribution in [0, 0.1) is 0 Å². The van der Waals surface area contributed by atoms with Crippen LogP contribution < -0.4 is 0 Å². The lowest BCUT2D eigenvalue weighted by Crippen LogP contribution is -2.33. The van der Waals surface area contributed by atoms with Gasteiger partial charge in [0, 0.05) is 26.1 Å². The Kier molecular flexibility index (Phi) is 4.51. The fourth-order valence-corrected chi connectivity index (χ4v) is 2.67. The van der Waals surface area contributed by atoms with E-state index in [2.05, 4.69) is 15.2 Å². The highest BCUT2D eigenvalue weighted by atomic mass is 16.6. The molecule has 0 bridgehead atoms. The molecule has 0 atom stereocenters.